The van der Waals surface area contributed by atoms with Gasteiger partial charge in [0.15, 0.2) is 0 Å². The summed E-state index contributed by atoms with van der Waals surface area (Å²) in [6.45, 7) is 2.01. The largest absolute Gasteiger partial charge is 0.463 e. The Morgan fingerprint density at radius 1 is 1.41 bits per heavy atom. The van der Waals surface area contributed by atoms with Crippen molar-refractivity contribution in [3.63, 3.8) is 0 Å². The van der Waals surface area contributed by atoms with Crippen LogP contribution in [0.5, 0.6) is 0 Å². The smallest absolute Gasteiger partial charge is 0.133 e. The van der Waals surface area contributed by atoms with Crippen LogP contribution in [0.1, 0.15) is 30.1 Å². The van der Waals surface area contributed by atoms with Crippen LogP contribution in [0.3, 0.4) is 0 Å². The maximum Gasteiger partial charge on any atom is 0.133 e. The molecule has 2 aromatic heterocycles. The highest BCUT2D eigenvalue weighted by Gasteiger charge is 2.14. The molecule has 2 rings (SSSR count). The van der Waals surface area contributed by atoms with Crippen LogP contribution in [-0.4, -0.2) is 10.1 Å². The Kier molecular flexibility index (Phi) is 3.44. The van der Waals surface area contributed by atoms with Crippen LogP contribution >= 0.6 is 0 Å². The van der Waals surface area contributed by atoms with Crippen molar-refractivity contribution in [1.29, 1.82) is 0 Å². The molecule has 3 N–H and O–H groups in total. The minimum Gasteiger partial charge on any atom is -0.463 e. The van der Waals surface area contributed by atoms with Gasteiger partial charge in [-0.3, -0.25) is 4.98 Å². The van der Waals surface area contributed by atoms with E-state index in [0.717, 1.165) is 17.7 Å². The van der Waals surface area contributed by atoms with Crippen molar-refractivity contribution < 1.29 is 9.52 Å². The zero-order valence-corrected chi connectivity index (χ0v) is 9.76. The number of aliphatic hydroxyl groups is 1. The predicted molar refractivity (Wildman–Crippen MR) is 65.4 cm³/mol. The van der Waals surface area contributed by atoms with Crippen LogP contribution in [0.25, 0.3) is 0 Å². The number of aromatic nitrogens is 1. The number of furan rings is 1. The second-order valence-corrected chi connectivity index (χ2v) is 3.95. The highest BCUT2D eigenvalue weighted by atomic mass is 16.4. The summed E-state index contributed by atoms with van der Waals surface area (Å²) in [7, 11) is 0. The quantitative estimate of drug-likeness (QED) is 0.846. The molecule has 0 amide bonds. The monoisotopic (exact) mass is 232 g/mol. The van der Waals surface area contributed by atoms with E-state index in [0.29, 0.717) is 17.9 Å². The average Bonchev–Trinajstić information content (AvgIpc) is 2.81. The van der Waals surface area contributed by atoms with Crippen molar-refractivity contribution in [2.45, 2.75) is 25.9 Å². The SMILES string of the molecule is CCc1ccc(C(O)Cc2cnccc2N)o1. The molecule has 0 saturated heterocycles. The Balaban J connectivity index is 2.11. The summed E-state index contributed by atoms with van der Waals surface area (Å²) in [5, 5.41) is 10.0. The summed E-state index contributed by atoms with van der Waals surface area (Å²) < 4.78 is 5.50. The molecule has 0 fully saturated rings. The van der Waals surface area contributed by atoms with E-state index < -0.39 is 6.10 Å². The van der Waals surface area contributed by atoms with E-state index in [4.69, 9.17) is 10.2 Å². The van der Waals surface area contributed by atoms with Crippen LogP contribution in [0.4, 0.5) is 5.69 Å². The molecule has 0 radical (unpaired) electrons. The summed E-state index contributed by atoms with van der Waals surface area (Å²) in [5.74, 6) is 1.45. The van der Waals surface area contributed by atoms with Gasteiger partial charge in [-0.25, -0.2) is 0 Å². The second-order valence-electron chi connectivity index (χ2n) is 3.95. The molecular weight excluding hydrogens is 216 g/mol. The standard InChI is InChI=1S/C13H16N2O2/c1-2-10-3-4-13(17-10)12(16)7-9-8-15-6-5-11(9)14/h3-6,8,12,16H,2,7H2,1H3,(H2,14,15). The number of anilines is 1. The molecule has 1 unspecified atom stereocenters. The third-order valence-corrected chi connectivity index (χ3v) is 2.71. The van der Waals surface area contributed by atoms with E-state index in [1.54, 1.807) is 24.5 Å². The number of nitrogens with zero attached hydrogens (tertiary/aromatic N) is 1. The van der Waals surface area contributed by atoms with Gasteiger partial charge in [0.25, 0.3) is 0 Å². The predicted octanol–water partition coefficient (Wildman–Crippen LogP) is 2.10. The van der Waals surface area contributed by atoms with Gasteiger partial charge in [0.1, 0.15) is 17.6 Å². The molecule has 0 aliphatic rings. The molecule has 0 spiro atoms. The second kappa shape index (κ2) is 5.01. The number of hydrogen-bond acceptors (Lipinski definition) is 4. The Hall–Kier alpha value is -1.81. The van der Waals surface area contributed by atoms with Gasteiger partial charge in [-0.1, -0.05) is 6.92 Å². The van der Waals surface area contributed by atoms with Crippen molar-refractivity contribution in [1.82, 2.24) is 4.98 Å². The molecule has 4 heteroatoms. The van der Waals surface area contributed by atoms with Crippen LogP contribution in [0.15, 0.2) is 35.0 Å². The first kappa shape index (κ1) is 11.7. The highest BCUT2D eigenvalue weighted by Crippen LogP contribution is 2.22. The average molecular weight is 232 g/mol. The molecule has 2 heterocycles. The normalized spacial score (nSPS) is 12.6. The molecule has 0 bridgehead atoms. The van der Waals surface area contributed by atoms with Gasteiger partial charge in [0, 0.05) is 30.9 Å². The fourth-order valence-electron chi connectivity index (χ4n) is 1.68. The third kappa shape index (κ3) is 2.65. The number of hydrogen-bond donors (Lipinski definition) is 2. The zero-order chi connectivity index (χ0) is 12.3. The molecule has 2 aromatic rings. The van der Waals surface area contributed by atoms with E-state index in [1.165, 1.54) is 0 Å². The lowest BCUT2D eigenvalue weighted by Crippen LogP contribution is -2.03. The number of pyridine rings is 1. The van der Waals surface area contributed by atoms with Gasteiger partial charge in [-0.05, 0) is 23.8 Å². The Morgan fingerprint density at radius 3 is 2.88 bits per heavy atom. The van der Waals surface area contributed by atoms with Gasteiger partial charge < -0.3 is 15.3 Å². The molecule has 0 aliphatic heterocycles. The van der Waals surface area contributed by atoms with Gasteiger partial charge in [0.2, 0.25) is 0 Å². The fraction of sp³-hybridized carbons (Fsp3) is 0.308. The third-order valence-electron chi connectivity index (χ3n) is 2.71. The summed E-state index contributed by atoms with van der Waals surface area (Å²) in [6.07, 6.45) is 3.86. The first-order valence-corrected chi connectivity index (χ1v) is 5.65. The van der Waals surface area contributed by atoms with Crippen molar-refractivity contribution in [2.75, 3.05) is 5.73 Å². The molecule has 4 nitrogen and oxygen atoms in total. The molecule has 0 aliphatic carbocycles. The number of nitrogens with two attached hydrogens (primary N) is 1. The van der Waals surface area contributed by atoms with Gasteiger partial charge in [-0.15, -0.1) is 0 Å². The van der Waals surface area contributed by atoms with E-state index in [9.17, 15) is 5.11 Å². The highest BCUT2D eigenvalue weighted by molar-refractivity contribution is 5.44. The topological polar surface area (TPSA) is 72.3 Å². The lowest BCUT2D eigenvalue weighted by Gasteiger charge is -2.09. The number of rotatable bonds is 4. The van der Waals surface area contributed by atoms with Crippen molar-refractivity contribution in [2.24, 2.45) is 0 Å². The van der Waals surface area contributed by atoms with Crippen LogP contribution < -0.4 is 5.73 Å². The minimum atomic E-state index is -0.679. The summed E-state index contributed by atoms with van der Waals surface area (Å²) >= 11 is 0. The first-order chi connectivity index (χ1) is 8.20. The molecule has 17 heavy (non-hydrogen) atoms. The van der Waals surface area contributed by atoms with Gasteiger partial charge in [0.05, 0.1) is 0 Å². The van der Waals surface area contributed by atoms with Crippen LogP contribution in [0, 0.1) is 0 Å². The summed E-state index contributed by atoms with van der Waals surface area (Å²) in [6, 6.07) is 5.41. The Morgan fingerprint density at radius 2 is 2.24 bits per heavy atom. The van der Waals surface area contributed by atoms with E-state index in [-0.39, 0.29) is 0 Å². The Labute approximate surface area is 100 Å². The van der Waals surface area contributed by atoms with E-state index >= 15 is 0 Å². The molecule has 90 valence electrons. The molecule has 0 aromatic carbocycles. The lowest BCUT2D eigenvalue weighted by atomic mass is 10.1. The first-order valence-electron chi connectivity index (χ1n) is 5.65. The van der Waals surface area contributed by atoms with Crippen molar-refractivity contribution >= 4 is 5.69 Å². The minimum absolute atomic E-state index is 0.413. The van der Waals surface area contributed by atoms with Crippen molar-refractivity contribution in [3.8, 4) is 0 Å². The van der Waals surface area contributed by atoms with Crippen LogP contribution in [-0.2, 0) is 12.8 Å². The summed E-state index contributed by atoms with van der Waals surface area (Å²) in [5.41, 5.74) is 7.26. The van der Waals surface area contributed by atoms with Gasteiger partial charge in [-0.2, -0.15) is 0 Å². The fourth-order valence-corrected chi connectivity index (χ4v) is 1.68. The summed E-state index contributed by atoms with van der Waals surface area (Å²) in [4.78, 5) is 3.99. The molecular formula is C13H16N2O2. The number of aliphatic hydroxyl groups excluding tert-OH is 1. The maximum absolute atomic E-state index is 10.0. The van der Waals surface area contributed by atoms with E-state index in [2.05, 4.69) is 4.98 Å². The van der Waals surface area contributed by atoms with Crippen LogP contribution in [0.2, 0.25) is 0 Å². The molecule has 1 atom stereocenters. The lowest BCUT2D eigenvalue weighted by molar-refractivity contribution is 0.148. The van der Waals surface area contributed by atoms with Crippen molar-refractivity contribution in [3.05, 3.63) is 47.7 Å². The number of nitrogen functional groups attached to an aromatic ring is 1. The van der Waals surface area contributed by atoms with Gasteiger partial charge >= 0.3 is 0 Å². The zero-order valence-electron chi connectivity index (χ0n) is 9.76. The molecule has 0 saturated carbocycles. The van der Waals surface area contributed by atoms with E-state index in [1.807, 2.05) is 13.0 Å². The number of aryl methyl sites for hydroxylation is 1. The Bertz CT molecular complexity index is 494. The maximum atomic E-state index is 10.0.